The minimum Gasteiger partial charge on any atom is -0.356 e. The largest absolute Gasteiger partial charge is 0.356 e. The highest BCUT2D eigenvalue weighted by Crippen LogP contribution is 2.32. The Kier molecular flexibility index (Phi) is 7.05. The number of alkyl halides is 2. The Morgan fingerprint density at radius 3 is 2.80 bits per heavy atom. The van der Waals surface area contributed by atoms with Gasteiger partial charge in [0.05, 0.1) is 25.3 Å². The highest BCUT2D eigenvalue weighted by atomic mass is 32.2. The van der Waals surface area contributed by atoms with Gasteiger partial charge >= 0.3 is 0 Å². The molecule has 0 radical (unpaired) electrons. The molecule has 0 spiro atoms. The van der Waals surface area contributed by atoms with Crippen LogP contribution in [-0.4, -0.2) is 55.6 Å². The van der Waals surface area contributed by atoms with Gasteiger partial charge in [0.25, 0.3) is 12.3 Å². The number of anilines is 1. The van der Waals surface area contributed by atoms with E-state index in [0.717, 1.165) is 61.0 Å². The van der Waals surface area contributed by atoms with Crippen molar-refractivity contribution in [3.63, 3.8) is 0 Å². The zero-order chi connectivity index (χ0) is 24.4. The molecular weight excluding hydrogens is 472 g/mol. The maximum absolute atomic E-state index is 13.4. The van der Waals surface area contributed by atoms with E-state index >= 15 is 0 Å². The molecule has 11 heteroatoms. The Hall–Kier alpha value is -2.92. The highest BCUT2D eigenvalue weighted by Gasteiger charge is 2.24. The molecule has 1 amide bonds. The summed E-state index contributed by atoms with van der Waals surface area (Å²) >= 11 is 1.50. The number of hydrogen-bond acceptors (Lipinski definition) is 6. The van der Waals surface area contributed by atoms with E-state index < -0.39 is 13.0 Å². The van der Waals surface area contributed by atoms with E-state index in [-0.39, 0.29) is 18.1 Å². The van der Waals surface area contributed by atoms with E-state index in [9.17, 15) is 13.6 Å². The summed E-state index contributed by atoms with van der Waals surface area (Å²) in [7, 11) is 0. The summed E-state index contributed by atoms with van der Waals surface area (Å²) in [5, 5.41) is 7.24. The van der Waals surface area contributed by atoms with Crippen molar-refractivity contribution in [2.45, 2.75) is 57.3 Å². The Labute approximate surface area is 207 Å². The van der Waals surface area contributed by atoms with Crippen LogP contribution in [0, 0.1) is 6.92 Å². The Morgan fingerprint density at radius 2 is 2.00 bits per heavy atom. The number of amides is 1. The van der Waals surface area contributed by atoms with Crippen molar-refractivity contribution in [1.82, 2.24) is 29.0 Å². The maximum atomic E-state index is 13.4. The summed E-state index contributed by atoms with van der Waals surface area (Å²) in [4.78, 5) is 20.7. The number of nitrogens with zero attached hydrogens (tertiary/aromatic N) is 6. The molecule has 3 aromatic rings. The molecular formula is C24H29F2N7OS. The van der Waals surface area contributed by atoms with Crippen LogP contribution in [0.2, 0.25) is 0 Å². The van der Waals surface area contributed by atoms with Crippen molar-refractivity contribution >= 4 is 23.7 Å². The number of carbonyl (C=O) groups is 1. The second-order valence-corrected chi connectivity index (χ2v) is 9.98. The number of fused-ring (bicyclic) bond motifs is 1. The third-order valence-electron chi connectivity index (χ3n) is 6.52. The summed E-state index contributed by atoms with van der Waals surface area (Å²) < 4.78 is 32.4. The molecule has 0 saturated carbocycles. The first-order chi connectivity index (χ1) is 17.0. The van der Waals surface area contributed by atoms with Gasteiger partial charge in [0.1, 0.15) is 11.5 Å². The molecule has 0 aromatic carbocycles. The van der Waals surface area contributed by atoms with E-state index in [0.29, 0.717) is 12.2 Å². The molecule has 1 N–H and O–H groups in total. The molecule has 2 aliphatic heterocycles. The van der Waals surface area contributed by atoms with Crippen LogP contribution < -0.4 is 10.2 Å². The van der Waals surface area contributed by atoms with Gasteiger partial charge in [-0.25, -0.2) is 18.1 Å². The van der Waals surface area contributed by atoms with Crippen LogP contribution in [0.1, 0.15) is 40.3 Å². The van der Waals surface area contributed by atoms with Gasteiger partial charge in [-0.2, -0.15) is 5.10 Å². The van der Waals surface area contributed by atoms with Gasteiger partial charge in [0.15, 0.2) is 0 Å². The first kappa shape index (κ1) is 23.8. The van der Waals surface area contributed by atoms with Crippen molar-refractivity contribution in [2.75, 3.05) is 24.5 Å². The van der Waals surface area contributed by atoms with Gasteiger partial charge in [-0.3, -0.25) is 9.48 Å². The van der Waals surface area contributed by atoms with Gasteiger partial charge in [0, 0.05) is 54.7 Å². The number of hydrogen-bond donors (Lipinski definition) is 1. The summed E-state index contributed by atoms with van der Waals surface area (Å²) in [6.07, 6.45) is 3.24. The fourth-order valence-electron chi connectivity index (χ4n) is 4.70. The molecule has 5 rings (SSSR count). The molecule has 1 saturated heterocycles. The van der Waals surface area contributed by atoms with Gasteiger partial charge in [-0.1, -0.05) is 6.07 Å². The first-order valence-electron chi connectivity index (χ1n) is 11.9. The van der Waals surface area contributed by atoms with Gasteiger partial charge in [-0.15, -0.1) is 0 Å². The molecule has 35 heavy (non-hydrogen) atoms. The molecule has 0 unspecified atom stereocenters. The SMILES string of the molecule is Cc1c(SN2CCn3nccc3C2)cc(C(=O)NCc2cccnc2N2CCCC2)n1CC(F)F. The van der Waals surface area contributed by atoms with Gasteiger partial charge < -0.3 is 14.8 Å². The molecule has 8 nitrogen and oxygen atoms in total. The summed E-state index contributed by atoms with van der Waals surface area (Å²) in [6, 6.07) is 7.51. The normalized spacial score (nSPS) is 16.2. The third kappa shape index (κ3) is 5.20. The Balaban J connectivity index is 1.32. The van der Waals surface area contributed by atoms with Crippen LogP contribution in [0.25, 0.3) is 0 Å². The highest BCUT2D eigenvalue weighted by molar-refractivity contribution is 7.97. The van der Waals surface area contributed by atoms with Crippen LogP contribution in [0.3, 0.4) is 0 Å². The fraction of sp³-hybridized carbons (Fsp3) is 0.458. The van der Waals surface area contributed by atoms with Crippen molar-refractivity contribution in [3.8, 4) is 0 Å². The van der Waals surface area contributed by atoms with E-state index in [1.807, 2.05) is 22.9 Å². The molecule has 0 aliphatic carbocycles. The van der Waals surface area contributed by atoms with Crippen molar-refractivity contribution in [3.05, 3.63) is 59.3 Å². The quantitative estimate of drug-likeness (QED) is 0.475. The Bertz CT molecular complexity index is 1190. The van der Waals surface area contributed by atoms with Gasteiger partial charge in [-0.05, 0) is 49.9 Å². The molecule has 0 atom stereocenters. The van der Waals surface area contributed by atoms with E-state index in [2.05, 4.69) is 24.6 Å². The van der Waals surface area contributed by atoms with Crippen molar-refractivity contribution < 1.29 is 13.6 Å². The zero-order valence-corrected chi connectivity index (χ0v) is 20.5. The lowest BCUT2D eigenvalue weighted by Gasteiger charge is -2.26. The molecule has 5 heterocycles. The molecule has 0 bridgehead atoms. The van der Waals surface area contributed by atoms with Crippen LogP contribution in [0.15, 0.2) is 41.6 Å². The second-order valence-electron chi connectivity index (χ2n) is 8.84. The van der Waals surface area contributed by atoms with Crippen molar-refractivity contribution in [2.24, 2.45) is 0 Å². The minimum absolute atomic E-state index is 0.249. The van der Waals surface area contributed by atoms with Crippen LogP contribution in [0.5, 0.6) is 0 Å². The molecule has 2 aliphatic rings. The number of rotatable bonds is 8. The third-order valence-corrected chi connectivity index (χ3v) is 7.70. The molecule has 1 fully saturated rings. The number of pyridine rings is 1. The number of nitrogens with one attached hydrogen (secondary N) is 1. The van der Waals surface area contributed by atoms with Gasteiger partial charge in [0.2, 0.25) is 0 Å². The van der Waals surface area contributed by atoms with E-state index in [1.165, 1.54) is 16.5 Å². The zero-order valence-electron chi connectivity index (χ0n) is 19.7. The van der Waals surface area contributed by atoms with E-state index in [1.54, 1.807) is 25.4 Å². The average Bonchev–Trinajstić information content (AvgIpc) is 3.60. The fourth-order valence-corrected chi connectivity index (χ4v) is 5.76. The monoisotopic (exact) mass is 501 g/mol. The van der Waals surface area contributed by atoms with Crippen LogP contribution in [-0.2, 0) is 26.2 Å². The lowest BCUT2D eigenvalue weighted by molar-refractivity contribution is 0.0927. The summed E-state index contributed by atoms with van der Waals surface area (Å²) in [5.41, 5.74) is 2.94. The summed E-state index contributed by atoms with van der Waals surface area (Å²) in [5.74, 6) is 0.513. The summed E-state index contributed by atoms with van der Waals surface area (Å²) in [6.45, 7) is 5.71. The number of halogens is 2. The van der Waals surface area contributed by atoms with Crippen molar-refractivity contribution in [1.29, 1.82) is 0 Å². The predicted molar refractivity (Wildman–Crippen MR) is 131 cm³/mol. The minimum atomic E-state index is -2.56. The molecule has 3 aromatic heterocycles. The number of aromatic nitrogens is 4. The van der Waals surface area contributed by atoms with E-state index in [4.69, 9.17) is 0 Å². The Morgan fingerprint density at radius 1 is 1.17 bits per heavy atom. The lowest BCUT2D eigenvalue weighted by atomic mass is 10.2. The topological polar surface area (TPSA) is 71.2 Å². The second kappa shape index (κ2) is 10.4. The predicted octanol–water partition coefficient (Wildman–Crippen LogP) is 3.71. The first-order valence-corrected chi connectivity index (χ1v) is 12.7. The smallest absolute Gasteiger partial charge is 0.268 e. The van der Waals surface area contributed by atoms with Crippen LogP contribution in [0.4, 0.5) is 14.6 Å². The molecule has 186 valence electrons. The maximum Gasteiger partial charge on any atom is 0.268 e. The average molecular weight is 502 g/mol. The number of carbonyl (C=O) groups excluding carboxylic acids is 1. The van der Waals surface area contributed by atoms with Crippen LogP contribution >= 0.6 is 11.9 Å². The standard InChI is InChI=1S/C24H29F2N7OS/c1-17-21(35-31-11-12-33-19(15-31)6-8-29-33)13-20(32(17)16-22(25)26)24(34)28-14-18-5-4-7-27-23(18)30-9-2-3-10-30/h4-8,13,22H,2-3,9-12,14-16H2,1H3,(H,28,34). The lowest BCUT2D eigenvalue weighted by Crippen LogP contribution is -2.28.